The van der Waals surface area contributed by atoms with Gasteiger partial charge in [0, 0.05) is 26.2 Å². The lowest BCUT2D eigenvalue weighted by atomic mass is 10.1. The van der Waals surface area contributed by atoms with Crippen molar-refractivity contribution >= 4 is 17.3 Å². The molecule has 1 aromatic rings. The average molecular weight is 295 g/mol. The van der Waals surface area contributed by atoms with Gasteiger partial charge in [-0.25, -0.2) is 9.97 Å². The number of piperidine rings is 1. The number of ether oxygens (including phenoxy) is 1. The topological polar surface area (TPSA) is 93.4 Å². The summed E-state index contributed by atoms with van der Waals surface area (Å²) in [6, 6.07) is 0. The zero-order valence-corrected chi connectivity index (χ0v) is 12.4. The van der Waals surface area contributed by atoms with E-state index in [1.54, 1.807) is 0 Å². The fourth-order valence-electron chi connectivity index (χ4n) is 2.54. The Morgan fingerprint density at radius 2 is 2.14 bits per heavy atom. The Morgan fingerprint density at radius 3 is 2.71 bits per heavy atom. The van der Waals surface area contributed by atoms with Crippen molar-refractivity contribution in [1.29, 1.82) is 0 Å². The van der Waals surface area contributed by atoms with Gasteiger partial charge in [-0.1, -0.05) is 0 Å². The molecule has 2 rings (SSSR count). The number of hydrogen-bond donors (Lipinski definition) is 1. The summed E-state index contributed by atoms with van der Waals surface area (Å²) >= 11 is 0. The maximum absolute atomic E-state index is 11.4. The third-order valence-electron chi connectivity index (χ3n) is 3.47. The molecule has 8 nitrogen and oxygen atoms in total. The zero-order chi connectivity index (χ0) is 15.2. The monoisotopic (exact) mass is 295 g/mol. The highest BCUT2D eigenvalue weighted by atomic mass is 16.6. The highest BCUT2D eigenvalue weighted by Crippen LogP contribution is 2.33. The summed E-state index contributed by atoms with van der Waals surface area (Å²) in [4.78, 5) is 21.0. The lowest BCUT2D eigenvalue weighted by Crippen LogP contribution is -2.38. The van der Waals surface area contributed by atoms with Crippen LogP contribution in [0.5, 0.6) is 0 Å². The van der Waals surface area contributed by atoms with E-state index in [1.165, 1.54) is 6.33 Å². The minimum atomic E-state index is -0.415. The largest absolute Gasteiger partial charge is 0.378 e. The van der Waals surface area contributed by atoms with Crippen LogP contribution in [0, 0.1) is 10.1 Å². The van der Waals surface area contributed by atoms with Crippen LogP contribution >= 0.6 is 0 Å². The first-order valence-electron chi connectivity index (χ1n) is 7.27. The van der Waals surface area contributed by atoms with Gasteiger partial charge in [0.05, 0.1) is 11.0 Å². The first kappa shape index (κ1) is 15.4. The van der Waals surface area contributed by atoms with E-state index in [1.807, 2.05) is 18.7 Å². The molecule has 0 atom stereocenters. The standard InChI is InChI=1S/C13H21N5O3/c1-3-14-12-11(18(19)20)13(16-9-15-12)17-7-5-10(6-8-17)21-4-2/h9-10H,3-8H2,1-2H3,(H,14,15,16). The van der Waals surface area contributed by atoms with E-state index in [0.29, 0.717) is 32.1 Å². The SMILES string of the molecule is CCNc1ncnc(N2CCC(OCC)CC2)c1[N+](=O)[O-]. The molecule has 1 N–H and O–H groups in total. The number of rotatable bonds is 6. The second-order valence-corrected chi connectivity index (χ2v) is 4.82. The van der Waals surface area contributed by atoms with Gasteiger partial charge in [-0.15, -0.1) is 0 Å². The van der Waals surface area contributed by atoms with E-state index in [2.05, 4.69) is 15.3 Å². The Labute approximate surface area is 123 Å². The molecule has 2 heterocycles. The molecule has 1 aromatic heterocycles. The minimum absolute atomic E-state index is 0.0470. The van der Waals surface area contributed by atoms with Crippen LogP contribution in [0.2, 0.25) is 0 Å². The molecule has 1 fully saturated rings. The maximum Gasteiger partial charge on any atom is 0.353 e. The van der Waals surface area contributed by atoms with Crippen LogP contribution in [0.25, 0.3) is 0 Å². The van der Waals surface area contributed by atoms with Crippen LogP contribution in [0.3, 0.4) is 0 Å². The molecular weight excluding hydrogens is 274 g/mol. The van der Waals surface area contributed by atoms with Gasteiger partial charge in [-0.05, 0) is 26.7 Å². The van der Waals surface area contributed by atoms with Crippen molar-refractivity contribution in [2.24, 2.45) is 0 Å². The molecule has 0 spiro atoms. The molecule has 0 amide bonds. The summed E-state index contributed by atoms with van der Waals surface area (Å²) in [5.41, 5.74) is -0.0470. The number of anilines is 2. The molecule has 8 heteroatoms. The van der Waals surface area contributed by atoms with Crippen molar-refractivity contribution in [2.45, 2.75) is 32.8 Å². The summed E-state index contributed by atoms with van der Waals surface area (Å²) in [5, 5.41) is 14.3. The van der Waals surface area contributed by atoms with Crippen molar-refractivity contribution < 1.29 is 9.66 Å². The fraction of sp³-hybridized carbons (Fsp3) is 0.692. The molecule has 0 saturated carbocycles. The first-order chi connectivity index (χ1) is 10.2. The Bertz CT molecular complexity index is 489. The molecule has 0 unspecified atom stereocenters. The van der Waals surface area contributed by atoms with Gasteiger partial charge in [0.1, 0.15) is 6.33 Å². The number of nitrogens with one attached hydrogen (secondary N) is 1. The molecule has 0 radical (unpaired) electrons. The van der Waals surface area contributed by atoms with Gasteiger partial charge in [0.2, 0.25) is 11.6 Å². The van der Waals surface area contributed by atoms with Gasteiger partial charge >= 0.3 is 5.69 Å². The number of nitrogens with zero attached hydrogens (tertiary/aromatic N) is 4. The minimum Gasteiger partial charge on any atom is -0.378 e. The zero-order valence-electron chi connectivity index (χ0n) is 12.4. The Kier molecular flexibility index (Phi) is 5.26. The molecule has 1 aliphatic heterocycles. The van der Waals surface area contributed by atoms with Gasteiger partial charge in [-0.2, -0.15) is 0 Å². The second kappa shape index (κ2) is 7.16. The Balaban J connectivity index is 2.20. The van der Waals surface area contributed by atoms with Gasteiger partial charge in [0.15, 0.2) is 0 Å². The highest BCUT2D eigenvalue weighted by Gasteiger charge is 2.29. The van der Waals surface area contributed by atoms with E-state index >= 15 is 0 Å². The molecule has 116 valence electrons. The summed E-state index contributed by atoms with van der Waals surface area (Å²) in [7, 11) is 0. The second-order valence-electron chi connectivity index (χ2n) is 4.82. The highest BCUT2D eigenvalue weighted by molar-refractivity contribution is 5.70. The smallest absolute Gasteiger partial charge is 0.353 e. The first-order valence-corrected chi connectivity index (χ1v) is 7.27. The van der Waals surface area contributed by atoms with E-state index in [4.69, 9.17) is 4.74 Å². The van der Waals surface area contributed by atoms with Crippen molar-refractivity contribution in [1.82, 2.24) is 9.97 Å². The van der Waals surface area contributed by atoms with Crippen molar-refractivity contribution in [3.63, 3.8) is 0 Å². The molecule has 0 aliphatic carbocycles. The van der Waals surface area contributed by atoms with E-state index in [9.17, 15) is 10.1 Å². The lowest BCUT2D eigenvalue weighted by Gasteiger charge is -2.32. The van der Waals surface area contributed by atoms with Gasteiger partial charge in [-0.3, -0.25) is 10.1 Å². The molecule has 1 saturated heterocycles. The number of aromatic nitrogens is 2. The van der Waals surface area contributed by atoms with E-state index in [0.717, 1.165) is 12.8 Å². The predicted molar refractivity (Wildman–Crippen MR) is 79.7 cm³/mol. The van der Waals surface area contributed by atoms with Gasteiger partial charge in [0.25, 0.3) is 0 Å². The molecule has 1 aliphatic rings. The van der Waals surface area contributed by atoms with Crippen molar-refractivity contribution in [3.05, 3.63) is 16.4 Å². The Morgan fingerprint density at radius 1 is 1.43 bits per heavy atom. The van der Waals surface area contributed by atoms with Crippen LogP contribution in [-0.2, 0) is 4.74 Å². The third-order valence-corrected chi connectivity index (χ3v) is 3.47. The van der Waals surface area contributed by atoms with Crippen LogP contribution in [-0.4, -0.2) is 47.2 Å². The van der Waals surface area contributed by atoms with Gasteiger partial charge < -0.3 is 15.0 Å². The third kappa shape index (κ3) is 3.57. The normalized spacial score (nSPS) is 16.0. The number of nitro groups is 1. The van der Waals surface area contributed by atoms with Crippen molar-refractivity contribution in [2.75, 3.05) is 36.5 Å². The van der Waals surface area contributed by atoms with E-state index in [-0.39, 0.29) is 17.6 Å². The summed E-state index contributed by atoms with van der Waals surface area (Å²) in [6.45, 7) is 6.53. The number of hydrogen-bond acceptors (Lipinski definition) is 7. The molecular formula is C13H21N5O3. The summed E-state index contributed by atoms with van der Waals surface area (Å²) < 4.78 is 5.60. The molecule has 0 aromatic carbocycles. The average Bonchev–Trinajstić information content (AvgIpc) is 2.48. The molecule has 21 heavy (non-hydrogen) atoms. The summed E-state index contributed by atoms with van der Waals surface area (Å²) in [5.74, 6) is 0.667. The quantitative estimate of drug-likeness (QED) is 0.632. The van der Waals surface area contributed by atoms with Crippen LogP contribution in [0.1, 0.15) is 26.7 Å². The maximum atomic E-state index is 11.4. The Hall–Kier alpha value is -1.96. The molecule has 0 bridgehead atoms. The van der Waals surface area contributed by atoms with Crippen LogP contribution < -0.4 is 10.2 Å². The summed E-state index contributed by atoms with van der Waals surface area (Å²) in [6.07, 6.45) is 3.31. The van der Waals surface area contributed by atoms with Crippen LogP contribution in [0.15, 0.2) is 6.33 Å². The predicted octanol–water partition coefficient (Wildman–Crippen LogP) is 1.82. The van der Waals surface area contributed by atoms with Crippen molar-refractivity contribution in [3.8, 4) is 0 Å². The fourth-order valence-corrected chi connectivity index (χ4v) is 2.54. The van der Waals surface area contributed by atoms with Crippen LogP contribution in [0.4, 0.5) is 17.3 Å². The van der Waals surface area contributed by atoms with E-state index < -0.39 is 4.92 Å². The lowest BCUT2D eigenvalue weighted by molar-refractivity contribution is -0.383.